The van der Waals surface area contributed by atoms with E-state index in [-0.39, 0.29) is 47.9 Å². The van der Waals surface area contributed by atoms with E-state index in [1.54, 1.807) is 24.4 Å². The minimum Gasteiger partial charge on any atom is -0.489 e. The Labute approximate surface area is 365 Å². The van der Waals surface area contributed by atoms with Crippen LogP contribution >= 0.6 is 0 Å². The summed E-state index contributed by atoms with van der Waals surface area (Å²) in [7, 11) is 0. The van der Waals surface area contributed by atoms with Gasteiger partial charge in [-0.2, -0.15) is 5.10 Å². The molecular weight excluding hydrogens is 799 g/mol. The number of imide groups is 1. The van der Waals surface area contributed by atoms with Crippen LogP contribution in [0.25, 0.3) is 26.5 Å². The summed E-state index contributed by atoms with van der Waals surface area (Å²) in [4.78, 5) is 76.6. The van der Waals surface area contributed by atoms with Crippen molar-refractivity contribution in [2.45, 2.75) is 71.6 Å². The number of carbonyl (C=O) groups is 3. The SMILES string of the molecule is [C-]#[N+]c1ccc(OC2C(C)(C)C(NC(=O)c3ccc(N4CCC(CN5CCN(c6ccc7c(=O)n(C8CCC(=O)NC8=O)ncc7c6)CC5)CC4)cc3)C2(C)C)c2ccc(=O)[nH]c12. The predicted molar refractivity (Wildman–Crippen MR) is 242 cm³/mol. The Hall–Kier alpha value is -6.53. The number of piperazine rings is 1. The Balaban J connectivity index is 0.745. The average molecular weight is 852 g/mol. The van der Waals surface area contributed by atoms with Crippen molar-refractivity contribution >= 4 is 56.5 Å². The molecule has 3 aliphatic heterocycles. The quantitative estimate of drug-likeness (QED) is 0.129. The molecular formula is C48H53N9O6. The number of anilines is 2. The molecule has 1 unspecified atom stereocenters. The number of nitrogens with one attached hydrogen (secondary N) is 3. The number of nitrogens with zero attached hydrogens (tertiary/aromatic N) is 6. The Morgan fingerprint density at radius 1 is 0.841 bits per heavy atom. The van der Waals surface area contributed by atoms with Crippen molar-refractivity contribution in [1.82, 2.24) is 30.3 Å². The third-order valence-electron chi connectivity index (χ3n) is 14.0. The zero-order valence-corrected chi connectivity index (χ0v) is 36.1. The number of aromatic nitrogens is 3. The van der Waals surface area contributed by atoms with E-state index in [1.807, 2.05) is 30.3 Å². The molecule has 3 N–H and O–H groups in total. The van der Waals surface area contributed by atoms with Gasteiger partial charge in [0.25, 0.3) is 17.4 Å². The molecule has 1 saturated carbocycles. The molecule has 5 heterocycles. The highest BCUT2D eigenvalue weighted by Crippen LogP contribution is 2.56. The van der Waals surface area contributed by atoms with Gasteiger partial charge in [-0.25, -0.2) is 9.53 Å². The number of rotatable bonds is 9. The zero-order valence-electron chi connectivity index (χ0n) is 36.1. The monoisotopic (exact) mass is 851 g/mol. The molecule has 3 amide bonds. The largest absolute Gasteiger partial charge is 0.489 e. The first-order valence-electron chi connectivity index (χ1n) is 21.9. The van der Waals surface area contributed by atoms with Crippen molar-refractivity contribution in [3.8, 4) is 5.75 Å². The summed E-state index contributed by atoms with van der Waals surface area (Å²) in [6.07, 6.45) is 4.03. The van der Waals surface area contributed by atoms with Crippen molar-refractivity contribution in [2.24, 2.45) is 16.7 Å². The van der Waals surface area contributed by atoms with Crippen LogP contribution in [0.4, 0.5) is 17.1 Å². The minimum absolute atomic E-state index is 0.122. The Kier molecular flexibility index (Phi) is 10.8. The molecule has 9 rings (SSSR count). The fourth-order valence-electron chi connectivity index (χ4n) is 10.8. The summed E-state index contributed by atoms with van der Waals surface area (Å²) in [5, 5.41) is 11.8. The molecule has 0 radical (unpaired) electrons. The third-order valence-corrected chi connectivity index (χ3v) is 14.0. The van der Waals surface area contributed by atoms with Crippen molar-refractivity contribution in [3.05, 3.63) is 111 Å². The maximum absolute atomic E-state index is 13.7. The number of ether oxygens (including phenoxy) is 1. The topological polar surface area (TPSA) is 166 Å². The molecule has 0 bridgehead atoms. The molecule has 5 aromatic rings. The summed E-state index contributed by atoms with van der Waals surface area (Å²) in [5.41, 5.74) is 2.18. The third kappa shape index (κ3) is 7.81. The van der Waals surface area contributed by atoms with Crippen LogP contribution in [-0.4, -0.2) is 95.3 Å². The van der Waals surface area contributed by atoms with Gasteiger partial charge in [-0.15, -0.1) is 0 Å². The first-order chi connectivity index (χ1) is 30.2. The molecule has 3 saturated heterocycles. The standard InChI is InChI=1S/C48H53N9O6/c1-47(2)45(48(3,4)46(47)63-38-15-13-36(49-5)41-35(38)12-16-39(58)51-41)53-42(60)30-6-8-32(9-7-30)55-20-18-29(19-21-55)28-54-22-24-56(25-23-54)33-10-11-34-31(26-33)27-50-57(44(34)62)37-14-17-40(59)52-43(37)61/h6-13,15-16,26-27,29,37,45-46H,14,17-25,28H2,1-4H3,(H,51,58)(H,53,60)(H,52,59,61). The van der Waals surface area contributed by atoms with Gasteiger partial charge in [0.05, 0.1) is 23.7 Å². The molecule has 15 nitrogen and oxygen atoms in total. The molecule has 326 valence electrons. The smallest absolute Gasteiger partial charge is 0.275 e. The van der Waals surface area contributed by atoms with Crippen LogP contribution < -0.4 is 36.3 Å². The van der Waals surface area contributed by atoms with Gasteiger partial charge in [-0.3, -0.25) is 34.2 Å². The normalized spacial score (nSPS) is 22.6. The summed E-state index contributed by atoms with van der Waals surface area (Å²) in [6, 6.07) is 19.4. The van der Waals surface area contributed by atoms with Crippen LogP contribution in [0.5, 0.6) is 5.75 Å². The van der Waals surface area contributed by atoms with E-state index in [2.05, 4.69) is 80.1 Å². The lowest BCUT2D eigenvalue weighted by Crippen LogP contribution is -2.74. The lowest BCUT2D eigenvalue weighted by molar-refractivity contribution is -0.163. The maximum atomic E-state index is 13.7. The summed E-state index contributed by atoms with van der Waals surface area (Å²) in [5.74, 6) is 0.259. The summed E-state index contributed by atoms with van der Waals surface area (Å²) >= 11 is 0. The molecule has 2 aromatic heterocycles. The van der Waals surface area contributed by atoms with E-state index >= 15 is 0 Å². The van der Waals surface area contributed by atoms with Crippen LogP contribution in [0.3, 0.4) is 0 Å². The van der Waals surface area contributed by atoms with Crippen molar-refractivity contribution in [1.29, 1.82) is 0 Å². The lowest BCUT2D eigenvalue weighted by Gasteiger charge is -2.63. The highest BCUT2D eigenvalue weighted by atomic mass is 16.5. The van der Waals surface area contributed by atoms with E-state index < -0.39 is 22.8 Å². The minimum atomic E-state index is -0.786. The summed E-state index contributed by atoms with van der Waals surface area (Å²) in [6.45, 7) is 22.6. The summed E-state index contributed by atoms with van der Waals surface area (Å²) < 4.78 is 7.83. The first-order valence-corrected chi connectivity index (χ1v) is 21.9. The van der Waals surface area contributed by atoms with Gasteiger partial charge in [0.1, 0.15) is 17.9 Å². The molecule has 4 fully saturated rings. The molecule has 15 heteroatoms. The van der Waals surface area contributed by atoms with Gasteiger partial charge in [0.15, 0.2) is 0 Å². The van der Waals surface area contributed by atoms with E-state index in [9.17, 15) is 24.0 Å². The average Bonchev–Trinajstić information content (AvgIpc) is 3.28. The number of benzene rings is 3. The number of piperidine rings is 2. The van der Waals surface area contributed by atoms with Crippen molar-refractivity contribution < 1.29 is 19.1 Å². The molecule has 4 aliphatic rings. The fraction of sp³-hybridized carbons (Fsp3) is 0.438. The molecule has 0 spiro atoms. The Morgan fingerprint density at radius 3 is 2.22 bits per heavy atom. The second kappa shape index (κ2) is 16.3. The van der Waals surface area contributed by atoms with Gasteiger partial charge in [-0.1, -0.05) is 33.8 Å². The second-order valence-electron chi connectivity index (χ2n) is 18.8. The van der Waals surface area contributed by atoms with Crippen LogP contribution in [0.2, 0.25) is 0 Å². The highest BCUT2D eigenvalue weighted by Gasteiger charge is 2.64. The van der Waals surface area contributed by atoms with Crippen molar-refractivity contribution in [2.75, 3.05) is 55.6 Å². The second-order valence-corrected chi connectivity index (χ2v) is 18.8. The number of H-pyrrole nitrogens is 1. The number of aromatic amines is 1. The van der Waals surface area contributed by atoms with Gasteiger partial charge < -0.3 is 24.8 Å². The molecule has 1 atom stereocenters. The van der Waals surface area contributed by atoms with Gasteiger partial charge in [0, 0.05) is 103 Å². The Morgan fingerprint density at radius 2 is 1.52 bits per heavy atom. The van der Waals surface area contributed by atoms with Crippen LogP contribution in [-0.2, 0) is 9.59 Å². The predicted octanol–water partition coefficient (Wildman–Crippen LogP) is 5.42. The zero-order chi connectivity index (χ0) is 44.2. The highest BCUT2D eigenvalue weighted by molar-refractivity contribution is 5.99. The van der Waals surface area contributed by atoms with Crippen LogP contribution in [0.1, 0.15) is 69.8 Å². The number of fused-ring (bicyclic) bond motifs is 2. The molecule has 63 heavy (non-hydrogen) atoms. The first kappa shape index (κ1) is 41.8. The van der Waals surface area contributed by atoms with E-state index in [1.165, 1.54) is 10.7 Å². The fourth-order valence-corrected chi connectivity index (χ4v) is 10.8. The van der Waals surface area contributed by atoms with Gasteiger partial charge >= 0.3 is 0 Å². The van der Waals surface area contributed by atoms with Crippen molar-refractivity contribution in [3.63, 3.8) is 0 Å². The number of amides is 3. The van der Waals surface area contributed by atoms with E-state index in [0.717, 1.165) is 75.4 Å². The number of hydrogen-bond acceptors (Lipinski definition) is 10. The van der Waals surface area contributed by atoms with E-state index in [4.69, 9.17) is 11.3 Å². The molecule has 1 aliphatic carbocycles. The van der Waals surface area contributed by atoms with Crippen LogP contribution in [0, 0.1) is 23.3 Å². The number of pyridine rings is 1. The Bertz CT molecular complexity index is 2760. The number of hydrogen-bond donors (Lipinski definition) is 3. The van der Waals surface area contributed by atoms with Crippen LogP contribution in [0.15, 0.2) is 82.5 Å². The lowest BCUT2D eigenvalue weighted by atomic mass is 9.49. The maximum Gasteiger partial charge on any atom is 0.275 e. The number of carbonyl (C=O) groups excluding carboxylic acids is 3. The van der Waals surface area contributed by atoms with Gasteiger partial charge in [-0.05, 0) is 79.8 Å². The van der Waals surface area contributed by atoms with Gasteiger partial charge in [0.2, 0.25) is 17.2 Å². The molecule has 3 aromatic carbocycles. The van der Waals surface area contributed by atoms with E-state index in [0.29, 0.717) is 39.2 Å².